The van der Waals surface area contributed by atoms with Crippen molar-refractivity contribution in [2.45, 2.75) is 298 Å². The van der Waals surface area contributed by atoms with Gasteiger partial charge in [0.05, 0.1) is 11.1 Å². The van der Waals surface area contributed by atoms with Crippen LogP contribution < -0.4 is 0 Å². The number of hydrogen-bond donors (Lipinski definition) is 0. The highest BCUT2D eigenvalue weighted by molar-refractivity contribution is 7.27. The molecular formula is C92H120N2O4S3. The molecule has 0 saturated heterocycles. The van der Waals surface area contributed by atoms with Crippen LogP contribution in [0.15, 0.2) is 97.1 Å². The van der Waals surface area contributed by atoms with E-state index >= 15 is 19.2 Å². The lowest BCUT2D eigenvalue weighted by atomic mass is 9.80. The van der Waals surface area contributed by atoms with Gasteiger partial charge in [0.1, 0.15) is 0 Å². The zero-order valence-electron chi connectivity index (χ0n) is 62.8. The summed E-state index contributed by atoms with van der Waals surface area (Å²) in [6, 6.07) is 35.2. The number of rotatable bonds is 47. The molecule has 0 saturated carbocycles. The first-order valence-electron chi connectivity index (χ1n) is 40.9. The zero-order valence-corrected chi connectivity index (χ0v) is 65.3. The van der Waals surface area contributed by atoms with Crippen molar-refractivity contribution >= 4 is 110 Å². The van der Waals surface area contributed by atoms with Crippen LogP contribution in [0.25, 0.3) is 83.8 Å². The van der Waals surface area contributed by atoms with Gasteiger partial charge in [-0.2, -0.15) is 0 Å². The number of aryl methyl sites for hydroxylation is 2. The van der Waals surface area contributed by atoms with E-state index in [0.29, 0.717) is 57.2 Å². The molecule has 11 rings (SSSR count). The molecule has 3 aromatic heterocycles. The standard InChI is InChI=1S/C92H120N2O4S3/c1-7-11-15-19-23-27-29-33-37-41-45-67(43-39-35-31-25-21-17-13-9-3)63-93-90(96)79-62-77(82-58-57-80(100-82)71-51-53-73-70(60-71)50-55-75-74-54-49-69-59-65(5)47-52-72(69)87(74)101-88(73)75)86-84-78(61-76(81-56-48-66(6)99-81)85(83(79)84)91(93)97)89(95)94(92(86)98)64-68(44-40-36-32-26-22-18-14-10-4)46-42-38-34-30-28-24-20-16-12-8-2/h47-62,67-68H,7-46,63-64H2,1-6H3. The van der Waals surface area contributed by atoms with Crippen LogP contribution in [0.5, 0.6) is 0 Å². The second kappa shape index (κ2) is 38.7. The Balaban J connectivity index is 0.959. The molecule has 101 heavy (non-hydrogen) atoms. The fourth-order valence-corrected chi connectivity index (χ4v) is 20.2. The van der Waals surface area contributed by atoms with Crippen LogP contribution in [0.2, 0.25) is 0 Å². The lowest BCUT2D eigenvalue weighted by Crippen LogP contribution is -2.46. The summed E-state index contributed by atoms with van der Waals surface area (Å²) in [6.07, 6.45) is 48.8. The number of hydrogen-bond acceptors (Lipinski definition) is 7. The molecule has 9 heteroatoms. The van der Waals surface area contributed by atoms with Gasteiger partial charge in [-0.15, -0.1) is 34.0 Å². The SMILES string of the molecule is CCCCCCCCCCCCC(CCCCCCCCCC)CN1C(=O)c2cc(-c3ccc(-c4ccc5c(ccc6c7ccc8cc(C)ccc8c7sc56)c4)s3)c3c4c(cc(-c5ccc(C)s5)c(c24)C1=O)C(=O)N(CC(CCCCCCCCCC)CCCCCCCCCCCC)C3=O. The predicted molar refractivity (Wildman–Crippen MR) is 438 cm³/mol. The summed E-state index contributed by atoms with van der Waals surface area (Å²) in [5, 5.41) is 8.48. The lowest BCUT2D eigenvalue weighted by Gasteiger charge is -2.36. The molecular weight excluding hydrogens is 1290 g/mol. The molecule has 0 N–H and O–H groups in total. The summed E-state index contributed by atoms with van der Waals surface area (Å²) in [6.45, 7) is 14.1. The maximum atomic E-state index is 16.3. The van der Waals surface area contributed by atoms with E-state index in [4.69, 9.17) is 0 Å². The van der Waals surface area contributed by atoms with Crippen LogP contribution in [0, 0.1) is 25.7 Å². The number of benzene rings is 6. The Hall–Kier alpha value is -6.00. The van der Waals surface area contributed by atoms with Crippen molar-refractivity contribution in [3.63, 3.8) is 0 Å². The van der Waals surface area contributed by atoms with Gasteiger partial charge in [-0.25, -0.2) is 0 Å². The fraction of sp³-hybridized carbons (Fsp3) is 0.543. The Morgan fingerprint density at radius 3 is 1.05 bits per heavy atom. The molecule has 5 heterocycles. The molecule has 0 radical (unpaired) electrons. The quantitative estimate of drug-likeness (QED) is 0.0281. The summed E-state index contributed by atoms with van der Waals surface area (Å²) in [7, 11) is 0. The fourth-order valence-electron chi connectivity index (χ4n) is 16.9. The van der Waals surface area contributed by atoms with Crippen LogP contribution in [-0.4, -0.2) is 46.5 Å². The largest absolute Gasteiger partial charge is 0.274 e. The first-order valence-corrected chi connectivity index (χ1v) is 43.3. The third-order valence-corrected chi connectivity index (χ3v) is 26.3. The molecule has 0 aliphatic carbocycles. The van der Waals surface area contributed by atoms with Crippen LogP contribution in [0.1, 0.15) is 336 Å². The Bertz CT molecular complexity index is 4220. The van der Waals surface area contributed by atoms with Gasteiger partial charge in [0.2, 0.25) is 0 Å². The molecule has 9 aromatic rings. The summed E-state index contributed by atoms with van der Waals surface area (Å²) >= 11 is 5.15. The molecule has 6 nitrogen and oxygen atoms in total. The van der Waals surface area contributed by atoms with Crippen molar-refractivity contribution in [2.24, 2.45) is 11.8 Å². The van der Waals surface area contributed by atoms with Gasteiger partial charge in [-0.1, -0.05) is 319 Å². The number of imide groups is 2. The maximum Gasteiger partial charge on any atom is 0.262 e. The lowest BCUT2D eigenvalue weighted by molar-refractivity contribution is 0.0557. The van der Waals surface area contributed by atoms with Gasteiger partial charge < -0.3 is 0 Å². The van der Waals surface area contributed by atoms with Crippen molar-refractivity contribution in [1.29, 1.82) is 0 Å². The van der Waals surface area contributed by atoms with Crippen LogP contribution in [0.4, 0.5) is 0 Å². The highest BCUT2D eigenvalue weighted by Crippen LogP contribution is 2.50. The van der Waals surface area contributed by atoms with E-state index in [1.807, 2.05) is 23.5 Å². The van der Waals surface area contributed by atoms with Gasteiger partial charge in [-0.3, -0.25) is 29.0 Å². The van der Waals surface area contributed by atoms with Crippen molar-refractivity contribution in [1.82, 2.24) is 9.80 Å². The average Bonchev–Trinajstić information content (AvgIpc) is 0.904. The normalized spacial score (nSPS) is 13.9. The number of carbonyl (C=O) groups is 4. The molecule has 2 aliphatic heterocycles. The summed E-state index contributed by atoms with van der Waals surface area (Å²) in [5.74, 6) is -0.902. The smallest absolute Gasteiger partial charge is 0.262 e. The second-order valence-electron chi connectivity index (χ2n) is 30.8. The molecule has 0 fully saturated rings. The third-order valence-electron chi connectivity index (χ3n) is 22.8. The summed E-state index contributed by atoms with van der Waals surface area (Å²) in [4.78, 5) is 71.6. The number of thiophene rings is 3. The third kappa shape index (κ3) is 19.1. The maximum absolute atomic E-state index is 16.3. The Morgan fingerprint density at radius 2 is 0.653 bits per heavy atom. The zero-order chi connectivity index (χ0) is 70.5. The molecule has 0 spiro atoms. The van der Waals surface area contributed by atoms with E-state index in [1.54, 1.807) is 32.5 Å². The van der Waals surface area contributed by atoms with Gasteiger partial charge in [-0.05, 0) is 121 Å². The van der Waals surface area contributed by atoms with Crippen molar-refractivity contribution in [3.8, 4) is 31.3 Å². The molecule has 540 valence electrons. The van der Waals surface area contributed by atoms with Gasteiger partial charge in [0.25, 0.3) is 23.6 Å². The van der Waals surface area contributed by atoms with Crippen LogP contribution >= 0.6 is 34.0 Å². The monoisotopic (exact) mass is 1410 g/mol. The Kier molecular flexibility index (Phi) is 29.1. The highest BCUT2D eigenvalue weighted by atomic mass is 32.1. The molecule has 2 aliphatic rings. The number of amides is 4. The highest BCUT2D eigenvalue weighted by Gasteiger charge is 2.44. The van der Waals surface area contributed by atoms with Crippen molar-refractivity contribution in [2.75, 3.05) is 13.1 Å². The molecule has 6 aromatic carbocycles. The van der Waals surface area contributed by atoms with Crippen molar-refractivity contribution in [3.05, 3.63) is 130 Å². The minimum atomic E-state index is -0.309. The van der Waals surface area contributed by atoms with Gasteiger partial charge >= 0.3 is 0 Å². The second-order valence-corrected chi connectivity index (χ2v) is 34.2. The van der Waals surface area contributed by atoms with E-state index < -0.39 is 0 Å². The van der Waals surface area contributed by atoms with E-state index in [0.717, 1.165) is 102 Å². The first-order chi connectivity index (χ1) is 49.5. The number of carbonyl (C=O) groups excluding carboxylic acids is 4. The molecule has 0 bridgehead atoms. The molecule has 2 unspecified atom stereocenters. The van der Waals surface area contributed by atoms with Crippen LogP contribution in [0.3, 0.4) is 0 Å². The number of nitrogens with zero attached hydrogens (tertiary/aromatic N) is 2. The van der Waals surface area contributed by atoms with Gasteiger partial charge in [0, 0.05) is 85.8 Å². The van der Waals surface area contributed by atoms with Crippen LogP contribution in [-0.2, 0) is 0 Å². The Labute approximate surface area is 619 Å². The molecule has 4 amide bonds. The minimum Gasteiger partial charge on any atom is -0.274 e. The minimum absolute atomic E-state index is 0.156. The van der Waals surface area contributed by atoms with E-state index in [-0.39, 0.29) is 35.5 Å². The van der Waals surface area contributed by atoms with E-state index in [1.165, 1.54) is 227 Å². The van der Waals surface area contributed by atoms with Gasteiger partial charge in [0.15, 0.2) is 0 Å². The number of fused-ring (bicyclic) bond motifs is 7. The Morgan fingerprint density at radius 1 is 0.307 bits per heavy atom. The summed E-state index contributed by atoms with van der Waals surface area (Å²) < 4.78 is 2.61. The van der Waals surface area contributed by atoms with E-state index in [9.17, 15) is 0 Å². The number of unbranched alkanes of at least 4 members (excludes halogenated alkanes) is 32. The topological polar surface area (TPSA) is 74.8 Å². The average molecular weight is 1410 g/mol. The van der Waals surface area contributed by atoms with Crippen molar-refractivity contribution < 1.29 is 19.2 Å². The summed E-state index contributed by atoms with van der Waals surface area (Å²) in [5.41, 5.74) is 5.47. The van der Waals surface area contributed by atoms with E-state index in [2.05, 4.69) is 126 Å². The predicted octanol–water partition coefficient (Wildman–Crippen LogP) is 29.4. The molecule has 2 atom stereocenters. The first kappa shape index (κ1) is 76.1.